The number of hydrogen-bond donors (Lipinski definition) is 1. The summed E-state index contributed by atoms with van der Waals surface area (Å²) in [6, 6.07) is 0. The molecule has 0 aliphatic heterocycles. The molecule has 0 aliphatic rings. The molecule has 118 valence electrons. The predicted octanol–water partition coefficient (Wildman–Crippen LogP) is 2.42. The van der Waals surface area contributed by atoms with Crippen LogP contribution >= 0.6 is 0 Å². The molecule has 2 unspecified atom stereocenters. The maximum Gasteiger partial charge on any atom is 0.411 e. The van der Waals surface area contributed by atoms with Crippen LogP contribution in [0.5, 0.6) is 0 Å². The quantitative estimate of drug-likeness (QED) is 0.340. The molecular formula is C11H15F5O4. The van der Waals surface area contributed by atoms with Gasteiger partial charge in [-0.05, 0) is 13.3 Å². The number of aliphatic hydroxyl groups is 1. The van der Waals surface area contributed by atoms with Crippen molar-refractivity contribution in [2.24, 2.45) is 0 Å². The van der Waals surface area contributed by atoms with Gasteiger partial charge in [-0.25, -0.2) is 4.79 Å². The van der Waals surface area contributed by atoms with Gasteiger partial charge in [0.15, 0.2) is 6.10 Å². The second kappa shape index (κ2) is 6.98. The van der Waals surface area contributed by atoms with E-state index in [-0.39, 0.29) is 5.57 Å². The van der Waals surface area contributed by atoms with Gasteiger partial charge in [-0.15, -0.1) is 0 Å². The molecule has 2 atom stereocenters. The Kier molecular flexibility index (Phi) is 6.55. The summed E-state index contributed by atoms with van der Waals surface area (Å²) < 4.78 is 70.8. The summed E-state index contributed by atoms with van der Waals surface area (Å²) in [7, 11) is 0. The molecule has 0 saturated heterocycles. The Morgan fingerprint density at radius 3 is 2.15 bits per heavy atom. The lowest BCUT2D eigenvalue weighted by atomic mass is 10.1. The molecule has 0 aromatic rings. The minimum atomic E-state index is -4.87. The Morgan fingerprint density at radius 1 is 1.30 bits per heavy atom. The normalized spacial score (nSPS) is 15.6. The van der Waals surface area contributed by atoms with Crippen molar-refractivity contribution in [1.82, 2.24) is 0 Å². The SMILES string of the molecule is C=C(C)C(=O)OC(CC)C(F)(F)C(O)OCC(F)(F)F. The highest BCUT2D eigenvalue weighted by Gasteiger charge is 2.50. The Labute approximate surface area is 112 Å². The fourth-order valence-electron chi connectivity index (χ4n) is 1.11. The fourth-order valence-corrected chi connectivity index (χ4v) is 1.11. The number of ether oxygens (including phenoxy) is 2. The second-order valence-electron chi connectivity index (χ2n) is 4.04. The first kappa shape index (κ1) is 18.8. The number of rotatable bonds is 7. The minimum absolute atomic E-state index is 0.162. The average molecular weight is 306 g/mol. The van der Waals surface area contributed by atoms with Gasteiger partial charge in [-0.2, -0.15) is 22.0 Å². The van der Waals surface area contributed by atoms with Gasteiger partial charge in [0.25, 0.3) is 0 Å². The monoisotopic (exact) mass is 306 g/mol. The summed E-state index contributed by atoms with van der Waals surface area (Å²) in [6.45, 7) is 3.55. The molecule has 0 saturated carbocycles. The number of carbonyl (C=O) groups excluding carboxylic acids is 1. The zero-order valence-corrected chi connectivity index (χ0v) is 10.8. The van der Waals surface area contributed by atoms with Gasteiger partial charge in [0.2, 0.25) is 6.29 Å². The van der Waals surface area contributed by atoms with Crippen molar-refractivity contribution in [3.05, 3.63) is 12.2 Å². The molecule has 20 heavy (non-hydrogen) atoms. The van der Waals surface area contributed by atoms with Gasteiger partial charge in [0.05, 0.1) is 0 Å². The molecule has 0 heterocycles. The fraction of sp³-hybridized carbons (Fsp3) is 0.727. The van der Waals surface area contributed by atoms with Crippen LogP contribution in [0, 0.1) is 0 Å². The van der Waals surface area contributed by atoms with Crippen LogP contribution in [0.3, 0.4) is 0 Å². The molecule has 0 rings (SSSR count). The highest BCUT2D eigenvalue weighted by Crippen LogP contribution is 2.30. The van der Waals surface area contributed by atoms with E-state index in [9.17, 15) is 26.7 Å². The third-order valence-electron chi connectivity index (χ3n) is 2.13. The first-order valence-corrected chi connectivity index (χ1v) is 5.52. The van der Waals surface area contributed by atoms with E-state index in [2.05, 4.69) is 16.1 Å². The van der Waals surface area contributed by atoms with E-state index in [4.69, 9.17) is 5.11 Å². The summed E-state index contributed by atoms with van der Waals surface area (Å²) in [5.74, 6) is -5.33. The van der Waals surface area contributed by atoms with E-state index in [1.165, 1.54) is 13.8 Å². The van der Waals surface area contributed by atoms with Gasteiger partial charge in [0.1, 0.15) is 6.61 Å². The number of alkyl halides is 5. The Balaban J connectivity index is 4.78. The van der Waals surface area contributed by atoms with Gasteiger partial charge in [-0.3, -0.25) is 0 Å². The Bertz CT molecular complexity index is 353. The molecule has 0 aliphatic carbocycles. The zero-order valence-electron chi connectivity index (χ0n) is 10.8. The first-order valence-electron chi connectivity index (χ1n) is 5.52. The maximum atomic E-state index is 13.6. The van der Waals surface area contributed by atoms with E-state index in [1.807, 2.05) is 0 Å². The van der Waals surface area contributed by atoms with Crippen molar-refractivity contribution >= 4 is 5.97 Å². The second-order valence-corrected chi connectivity index (χ2v) is 4.04. The van der Waals surface area contributed by atoms with Crippen LogP contribution in [0.1, 0.15) is 20.3 Å². The first-order chi connectivity index (χ1) is 8.91. The van der Waals surface area contributed by atoms with E-state index < -0.39 is 43.5 Å². The molecule has 0 radical (unpaired) electrons. The molecular weight excluding hydrogens is 291 g/mol. The highest BCUT2D eigenvalue weighted by molar-refractivity contribution is 5.87. The smallest absolute Gasteiger partial charge is 0.411 e. The van der Waals surface area contributed by atoms with E-state index >= 15 is 0 Å². The van der Waals surface area contributed by atoms with Crippen LogP contribution in [0.15, 0.2) is 12.2 Å². The standard InChI is InChI=1S/C11H15F5O4/c1-4-7(20-8(17)6(2)3)11(15,16)9(18)19-5-10(12,13)14/h7,9,18H,2,4-5H2,1,3H3. The largest absolute Gasteiger partial charge is 0.452 e. The van der Waals surface area contributed by atoms with Gasteiger partial charge in [-0.1, -0.05) is 13.5 Å². The molecule has 0 amide bonds. The summed E-state index contributed by atoms with van der Waals surface area (Å²) in [5.41, 5.74) is -0.162. The van der Waals surface area contributed by atoms with Gasteiger partial charge >= 0.3 is 18.1 Å². The van der Waals surface area contributed by atoms with Crippen molar-refractivity contribution in [2.75, 3.05) is 6.61 Å². The summed E-state index contributed by atoms with van der Waals surface area (Å²) in [5, 5.41) is 9.01. The van der Waals surface area contributed by atoms with Gasteiger partial charge < -0.3 is 14.6 Å². The summed E-state index contributed by atoms with van der Waals surface area (Å²) >= 11 is 0. The van der Waals surface area contributed by atoms with Crippen LogP contribution in [0.25, 0.3) is 0 Å². The number of esters is 1. The Morgan fingerprint density at radius 2 is 1.80 bits per heavy atom. The van der Waals surface area contributed by atoms with E-state index in [1.54, 1.807) is 0 Å². The van der Waals surface area contributed by atoms with Crippen molar-refractivity contribution in [1.29, 1.82) is 0 Å². The van der Waals surface area contributed by atoms with Crippen LogP contribution in [0.4, 0.5) is 22.0 Å². The van der Waals surface area contributed by atoms with Gasteiger partial charge in [0, 0.05) is 5.57 Å². The lowest BCUT2D eigenvalue weighted by Crippen LogP contribution is -2.48. The van der Waals surface area contributed by atoms with Crippen molar-refractivity contribution in [3.8, 4) is 0 Å². The molecule has 1 N–H and O–H groups in total. The summed E-state index contributed by atoms with van der Waals surface area (Å²) in [6.07, 6.45) is -10.5. The third kappa shape index (κ3) is 5.83. The number of hydrogen-bond acceptors (Lipinski definition) is 4. The molecule has 0 spiro atoms. The van der Waals surface area contributed by atoms with Crippen LogP contribution in [0.2, 0.25) is 0 Å². The molecule has 0 aromatic carbocycles. The van der Waals surface area contributed by atoms with E-state index in [0.717, 1.165) is 0 Å². The van der Waals surface area contributed by atoms with Crippen molar-refractivity contribution in [2.45, 2.75) is 44.8 Å². The van der Waals surface area contributed by atoms with Crippen LogP contribution in [-0.4, -0.2) is 42.2 Å². The highest BCUT2D eigenvalue weighted by atomic mass is 19.4. The molecule has 9 heteroatoms. The molecule has 0 bridgehead atoms. The maximum absolute atomic E-state index is 13.6. The third-order valence-corrected chi connectivity index (χ3v) is 2.13. The van der Waals surface area contributed by atoms with Crippen LogP contribution < -0.4 is 0 Å². The molecule has 0 fully saturated rings. The lowest BCUT2D eigenvalue weighted by molar-refractivity contribution is -0.297. The van der Waals surface area contributed by atoms with Crippen molar-refractivity contribution in [3.63, 3.8) is 0 Å². The van der Waals surface area contributed by atoms with Crippen LogP contribution in [-0.2, 0) is 14.3 Å². The predicted molar refractivity (Wildman–Crippen MR) is 57.9 cm³/mol. The average Bonchev–Trinajstić information content (AvgIpc) is 2.30. The number of halogens is 5. The Hall–Kier alpha value is -1.22. The summed E-state index contributed by atoms with van der Waals surface area (Å²) in [4.78, 5) is 11.1. The molecule has 0 aromatic heterocycles. The zero-order chi connectivity index (χ0) is 16.1. The van der Waals surface area contributed by atoms with Crippen molar-refractivity contribution < 1.29 is 41.3 Å². The number of aliphatic hydroxyl groups excluding tert-OH is 1. The topological polar surface area (TPSA) is 55.8 Å². The minimum Gasteiger partial charge on any atom is -0.452 e. The lowest BCUT2D eigenvalue weighted by Gasteiger charge is -2.29. The van der Waals surface area contributed by atoms with E-state index in [0.29, 0.717) is 0 Å². The molecule has 4 nitrogen and oxygen atoms in total. The number of carbonyl (C=O) groups is 1.